The van der Waals surface area contributed by atoms with E-state index in [4.69, 9.17) is 63.1 Å². The van der Waals surface area contributed by atoms with Crippen molar-refractivity contribution < 1.29 is 118 Å². The third-order valence-electron chi connectivity index (χ3n) is 17.8. The normalized spacial score (nSPS) is 29.1. The van der Waals surface area contributed by atoms with E-state index in [1.807, 2.05) is 13.8 Å². The van der Waals surface area contributed by atoms with Crippen LogP contribution < -0.4 is 62.9 Å². The minimum Gasteiger partial charge on any atom is -0.508 e. The van der Waals surface area contributed by atoms with Crippen LogP contribution in [0.3, 0.4) is 0 Å². The van der Waals surface area contributed by atoms with E-state index in [1.54, 1.807) is 0 Å². The number of hydrogen-bond acceptors (Lipinski definition) is 25. The molecule has 7 aliphatic heterocycles. The number of aliphatic carboxylic acids is 1. The van der Waals surface area contributed by atoms with E-state index in [1.165, 1.54) is 33.0 Å². The SMILES string of the molecule is CN[C@H](CC(C)C)C(=O)N[C@H]1C(=O)N[C@@H](CC(N)=O)C(=O)N[C@H]2C(=O)NC3C(=O)N[C@H](C(=O)N[C@H](C(=O)O)c4cc(O)cc(O)c4-c4cc3ccc4O)[C@H](O)c3ccc(c(Cl)c3)Oc3cc2cc(c3O[C@@H]2O[C@H](CO)[C@@H](O)[C@H](O)[C@H]2O[C@H]2C[C@](C)(N)[C@H](O)[C@H](C)O2)Oc2ccc(cc2Cl)[C@H]1O.Cl. The summed E-state index contributed by atoms with van der Waals surface area (Å²) >= 11 is 14.1. The lowest BCUT2D eigenvalue weighted by Crippen LogP contribution is -2.64. The maximum Gasteiger partial charge on any atom is 0.330 e. The molecule has 1 unspecified atom stereocenters. The second-order valence-electron chi connectivity index (χ2n) is 25.7. The number of aromatic hydroxyl groups is 3. The molecular formula is C66H76Cl3N9O24. The number of aliphatic hydroxyl groups is 6. The molecule has 5 aromatic carbocycles. The molecule has 36 heteroatoms. The van der Waals surface area contributed by atoms with Gasteiger partial charge in [-0.05, 0) is 110 Å². The summed E-state index contributed by atoms with van der Waals surface area (Å²) in [5, 5.41) is 131. The van der Waals surface area contributed by atoms with Crippen molar-refractivity contribution >= 4 is 82.9 Å². The van der Waals surface area contributed by atoms with Crippen LogP contribution in [0.5, 0.6) is 46.0 Å². The highest BCUT2D eigenvalue weighted by Gasteiger charge is 2.51. The number of carboxylic acids is 1. The summed E-state index contributed by atoms with van der Waals surface area (Å²) in [6.45, 7) is 5.66. The third kappa shape index (κ3) is 16.3. The molecule has 0 radical (unpaired) electrons. The Morgan fingerprint density at radius 3 is 1.89 bits per heavy atom. The minimum absolute atomic E-state index is 0. The number of halogens is 3. The number of rotatable bonds is 13. The molecule has 0 saturated carbocycles. The molecule has 5 aromatic rings. The van der Waals surface area contributed by atoms with Crippen molar-refractivity contribution in [1.29, 1.82) is 0 Å². The number of benzene rings is 5. The van der Waals surface area contributed by atoms with E-state index in [2.05, 4.69) is 37.2 Å². The average Bonchev–Trinajstić information content (AvgIpc) is 0.773. The van der Waals surface area contributed by atoms with Gasteiger partial charge in [-0.3, -0.25) is 33.6 Å². The number of aliphatic hydroxyl groups excluding tert-OH is 6. The number of phenols is 3. The summed E-state index contributed by atoms with van der Waals surface area (Å²) in [6.07, 6.45) is -18.6. The number of nitrogens with two attached hydrogens (primary N) is 2. The number of fused-ring (bicyclic) bond motifs is 15. The smallest absolute Gasteiger partial charge is 0.330 e. The van der Waals surface area contributed by atoms with Crippen LogP contribution in [0.2, 0.25) is 10.0 Å². The first-order chi connectivity index (χ1) is 47.7. The molecule has 2 saturated heterocycles. The lowest BCUT2D eigenvalue weighted by molar-refractivity contribution is -0.333. The molecule has 7 heterocycles. The standard InChI is InChI=1S/C66H75Cl2N9O24.ClH/c1-23(2)12-34(71-5)58(88)76-49-51(83)26-7-10-38(32(67)14-26)97-40-16-28-17-41(55(40)101-65-56(54(86)53(85)42(22-78)99-65)100-44-21-66(4,70)57(87)24(3)96-44)98-39-11-8-27(15-33(39)68)52(84)50-63(93)75-48(64(94)95)31-18-29(79)19-37(81)45(31)30-13-25(6-9-36(30)80)46(60(90)77-50)74-61(91)47(28)73-59(89)35(20-43(69)82)72-62(49)92;/h6-11,13-19,23-24,34-35,42,44,46-54,56-57,65,71,78-81,83-87H,12,20-22,70H2,1-5H3,(H2,69,82)(H,72,92)(H,73,89)(H,74,91)(H,75,93)(H,76,88)(H,77,90)(H,94,95);1H/t24-,34+,35-,42+,44-,46?,47+,48-,49+,50-,51+,52+,53+,54-,56+,57+,65-,66-;/m0./s1. The van der Waals surface area contributed by atoms with Crippen molar-refractivity contribution in [3.8, 4) is 57.1 Å². The number of primary amides is 1. The maximum absolute atomic E-state index is 16.0. The number of phenolic OH excluding ortho intramolecular Hbond substituents is 3. The molecule has 7 amide bonds. The maximum atomic E-state index is 16.0. The van der Waals surface area contributed by atoms with Gasteiger partial charge in [-0.15, -0.1) is 12.4 Å². The molecule has 0 aliphatic carbocycles. The average molecular weight is 1490 g/mol. The molecule has 102 heavy (non-hydrogen) atoms. The summed E-state index contributed by atoms with van der Waals surface area (Å²) in [7, 11) is 1.47. The molecular weight excluding hydrogens is 1410 g/mol. The Bertz CT molecular complexity index is 4080. The van der Waals surface area contributed by atoms with Gasteiger partial charge >= 0.3 is 5.97 Å². The Morgan fingerprint density at radius 1 is 0.716 bits per heavy atom. The molecule has 33 nitrogen and oxygen atoms in total. The fourth-order valence-electron chi connectivity index (χ4n) is 12.5. The van der Waals surface area contributed by atoms with Crippen molar-refractivity contribution in [2.75, 3.05) is 13.7 Å². The minimum atomic E-state index is -2.35. The zero-order valence-corrected chi connectivity index (χ0v) is 57.1. The Balaban J connectivity index is 0.0000121. The fourth-order valence-corrected chi connectivity index (χ4v) is 12.9. The quantitative estimate of drug-likeness (QED) is 0.0764. The monoisotopic (exact) mass is 1480 g/mol. The fraction of sp³-hybridized carbons (Fsp3) is 0.424. The number of nitrogens with one attached hydrogen (secondary N) is 7. The Kier molecular flexibility index (Phi) is 23.8. The summed E-state index contributed by atoms with van der Waals surface area (Å²) in [4.78, 5) is 117. The highest BCUT2D eigenvalue weighted by atomic mass is 35.5. The topological polar surface area (TPSA) is 530 Å². The molecule has 7 aliphatic rings. The lowest BCUT2D eigenvalue weighted by atomic mass is 9.86. The number of likely N-dealkylation sites (N-methyl/N-ethyl adjacent to an activating group) is 1. The van der Waals surface area contributed by atoms with E-state index in [-0.39, 0.29) is 58.6 Å². The van der Waals surface area contributed by atoms with Gasteiger partial charge in [0.05, 0.1) is 41.3 Å². The summed E-state index contributed by atoms with van der Waals surface area (Å²) in [5.74, 6) is -16.0. The number of carbonyl (C=O) groups excluding carboxylic acids is 7. The first-order valence-electron chi connectivity index (χ1n) is 31.6. The van der Waals surface area contributed by atoms with Crippen LogP contribution in [0.25, 0.3) is 11.1 Å². The van der Waals surface area contributed by atoms with Gasteiger partial charge in [0.1, 0.15) is 89.5 Å². The Hall–Kier alpha value is -8.91. The van der Waals surface area contributed by atoms with Crippen molar-refractivity contribution in [3.63, 3.8) is 0 Å². The van der Waals surface area contributed by atoms with Crippen molar-refractivity contribution in [1.82, 2.24) is 37.2 Å². The van der Waals surface area contributed by atoms with E-state index in [9.17, 15) is 75.0 Å². The second kappa shape index (κ2) is 31.4. The Morgan fingerprint density at radius 2 is 1.31 bits per heavy atom. The van der Waals surface area contributed by atoms with Crippen molar-refractivity contribution in [2.24, 2.45) is 17.4 Å². The molecule has 18 atom stereocenters. The van der Waals surface area contributed by atoms with Crippen LogP contribution in [0, 0.1) is 5.92 Å². The van der Waals surface area contributed by atoms with Crippen LogP contribution in [0.1, 0.15) is 105 Å². The molecule has 12 rings (SSSR count). The molecule has 0 aromatic heterocycles. The zero-order chi connectivity index (χ0) is 73.5. The van der Waals surface area contributed by atoms with Gasteiger partial charge in [-0.25, -0.2) is 4.79 Å². The largest absolute Gasteiger partial charge is 0.508 e. The predicted octanol–water partition coefficient (Wildman–Crippen LogP) is 0.528. The lowest BCUT2D eigenvalue weighted by Gasteiger charge is -2.47. The van der Waals surface area contributed by atoms with Crippen LogP contribution in [-0.2, 0) is 52.6 Å². The van der Waals surface area contributed by atoms with E-state index in [0.717, 1.165) is 66.7 Å². The van der Waals surface area contributed by atoms with Crippen LogP contribution in [0.15, 0.2) is 78.9 Å². The van der Waals surface area contributed by atoms with Crippen molar-refractivity contribution in [3.05, 3.63) is 117 Å². The van der Waals surface area contributed by atoms with Crippen LogP contribution in [-0.4, -0.2) is 191 Å². The van der Waals surface area contributed by atoms with Crippen LogP contribution in [0.4, 0.5) is 0 Å². The highest BCUT2D eigenvalue weighted by molar-refractivity contribution is 6.32. The molecule has 11 bridgehead atoms. The first kappa shape index (κ1) is 77.3. The number of amides is 7. The highest BCUT2D eigenvalue weighted by Crippen LogP contribution is 2.50. The summed E-state index contributed by atoms with van der Waals surface area (Å²) < 4.78 is 38.3. The number of hydrogen-bond donors (Lipinski definition) is 19. The number of ether oxygens (including phenoxy) is 6. The van der Waals surface area contributed by atoms with Gasteiger partial charge < -0.3 is 128 Å². The van der Waals surface area contributed by atoms with Gasteiger partial charge in [0, 0.05) is 34.7 Å². The van der Waals surface area contributed by atoms with Gasteiger partial charge in [0.25, 0.3) is 0 Å². The van der Waals surface area contributed by atoms with Gasteiger partial charge in [-0.2, -0.15) is 0 Å². The summed E-state index contributed by atoms with van der Waals surface area (Å²) in [5.41, 5.74) is 8.00. The predicted molar refractivity (Wildman–Crippen MR) is 357 cm³/mol. The zero-order valence-electron chi connectivity index (χ0n) is 54.7. The van der Waals surface area contributed by atoms with Gasteiger partial charge in [0.2, 0.25) is 53.4 Å². The van der Waals surface area contributed by atoms with Gasteiger partial charge in [-0.1, -0.05) is 55.2 Å². The van der Waals surface area contributed by atoms with E-state index < -0.39 is 237 Å². The molecule has 550 valence electrons. The van der Waals surface area contributed by atoms with Crippen molar-refractivity contribution in [2.45, 2.75) is 156 Å². The van der Waals surface area contributed by atoms with Gasteiger partial charge in [0.15, 0.2) is 29.9 Å². The number of carboxylic acid groups (broad SMARTS) is 1. The van der Waals surface area contributed by atoms with Crippen LogP contribution >= 0.6 is 35.6 Å². The van der Waals surface area contributed by atoms with E-state index >= 15 is 14.4 Å². The number of carbonyl (C=O) groups is 8. The third-order valence-corrected chi connectivity index (χ3v) is 18.4. The molecule has 2 fully saturated rings. The molecule has 0 spiro atoms. The van der Waals surface area contributed by atoms with E-state index in [0.29, 0.717) is 0 Å². The first-order valence-corrected chi connectivity index (χ1v) is 32.4. The summed E-state index contributed by atoms with van der Waals surface area (Å²) in [6, 6.07) is -0.679. The Labute approximate surface area is 596 Å². The molecule has 21 N–H and O–H groups in total. The second-order valence-corrected chi connectivity index (χ2v) is 26.5.